The number of fused-ring (bicyclic) bond motifs is 2. The van der Waals surface area contributed by atoms with Gasteiger partial charge in [0, 0.05) is 5.56 Å². The molecule has 0 spiro atoms. The van der Waals surface area contributed by atoms with Gasteiger partial charge >= 0.3 is 11.9 Å². The van der Waals surface area contributed by atoms with E-state index in [9.17, 15) is 9.59 Å². The average molecular weight is 426 g/mol. The molecule has 0 fully saturated rings. The molecule has 0 N–H and O–H groups in total. The summed E-state index contributed by atoms with van der Waals surface area (Å²) in [5.41, 5.74) is 1.23. The lowest BCUT2D eigenvalue weighted by atomic mass is 9.89. The van der Waals surface area contributed by atoms with Crippen LogP contribution in [0.3, 0.4) is 0 Å². The van der Waals surface area contributed by atoms with E-state index in [1.54, 1.807) is 36.4 Å². The van der Waals surface area contributed by atoms with Crippen LogP contribution < -0.4 is 18.9 Å². The number of ether oxygens (including phenoxy) is 7. The fourth-order valence-corrected chi connectivity index (χ4v) is 3.86. The molecule has 5 rings (SSSR count). The van der Waals surface area contributed by atoms with Crippen LogP contribution in [0, 0.1) is 5.92 Å². The van der Waals surface area contributed by atoms with E-state index in [1.165, 1.54) is 14.2 Å². The van der Waals surface area contributed by atoms with Gasteiger partial charge < -0.3 is 33.2 Å². The third-order valence-electron chi connectivity index (χ3n) is 5.32. The van der Waals surface area contributed by atoms with Gasteiger partial charge in [-0.3, -0.25) is 4.79 Å². The maximum Gasteiger partial charge on any atom is 0.338 e. The van der Waals surface area contributed by atoms with Crippen molar-refractivity contribution in [3.05, 3.63) is 53.1 Å². The summed E-state index contributed by atoms with van der Waals surface area (Å²) < 4.78 is 37.8. The van der Waals surface area contributed by atoms with Crippen molar-refractivity contribution in [3.8, 4) is 23.0 Å². The SMILES string of the molecule is COC(=O)C1=C(c2ccc3c(c2)OCO3)O[C@@H](c2ccc3c(c2)OCO3)[C@@H]1C(=O)OC. The van der Waals surface area contributed by atoms with E-state index in [2.05, 4.69) is 0 Å². The summed E-state index contributed by atoms with van der Waals surface area (Å²) in [7, 11) is 2.50. The molecule has 0 bridgehead atoms. The van der Waals surface area contributed by atoms with Crippen molar-refractivity contribution >= 4 is 17.7 Å². The minimum absolute atomic E-state index is 0.0656. The minimum Gasteiger partial charge on any atom is -0.483 e. The number of rotatable bonds is 4. The molecular weight excluding hydrogens is 408 g/mol. The highest BCUT2D eigenvalue weighted by molar-refractivity contribution is 6.03. The Labute approximate surface area is 177 Å². The Kier molecular flexibility index (Phi) is 4.58. The Morgan fingerprint density at radius 3 is 2.16 bits per heavy atom. The molecule has 0 amide bonds. The Morgan fingerprint density at radius 2 is 1.48 bits per heavy atom. The van der Waals surface area contributed by atoms with Crippen molar-refractivity contribution in [2.45, 2.75) is 6.10 Å². The number of hydrogen-bond acceptors (Lipinski definition) is 9. The number of carbonyl (C=O) groups is 2. The zero-order valence-electron chi connectivity index (χ0n) is 16.7. The van der Waals surface area contributed by atoms with Gasteiger partial charge in [0.1, 0.15) is 17.8 Å². The Bertz CT molecular complexity index is 1100. The van der Waals surface area contributed by atoms with Crippen molar-refractivity contribution < 1.29 is 42.7 Å². The van der Waals surface area contributed by atoms with E-state index >= 15 is 0 Å². The molecule has 2 aromatic rings. The first-order chi connectivity index (χ1) is 15.1. The first-order valence-corrected chi connectivity index (χ1v) is 9.47. The van der Waals surface area contributed by atoms with Crippen LogP contribution >= 0.6 is 0 Å². The van der Waals surface area contributed by atoms with Crippen LogP contribution in [0.4, 0.5) is 0 Å². The molecule has 0 aliphatic carbocycles. The standard InChI is InChI=1S/C22H18O9/c1-25-21(23)17-18(22(24)26-2)20(12-4-6-14-16(8-12)30-10-28-14)31-19(17)11-3-5-13-15(7-11)29-9-27-13/h3-8,17,19H,9-10H2,1-2H3/t17-,19+/m1/s1. The van der Waals surface area contributed by atoms with E-state index in [4.69, 9.17) is 33.2 Å². The average Bonchev–Trinajstić information content (AvgIpc) is 3.54. The maximum absolute atomic E-state index is 12.8. The molecule has 0 unspecified atom stereocenters. The zero-order chi connectivity index (χ0) is 21.5. The molecule has 0 saturated heterocycles. The molecule has 31 heavy (non-hydrogen) atoms. The molecule has 3 heterocycles. The lowest BCUT2D eigenvalue weighted by Gasteiger charge is -2.19. The normalized spacial score (nSPS) is 20.5. The highest BCUT2D eigenvalue weighted by atomic mass is 16.7. The maximum atomic E-state index is 12.8. The first-order valence-electron chi connectivity index (χ1n) is 9.47. The summed E-state index contributed by atoms with van der Waals surface area (Å²) in [5.74, 6) is 0.0683. The summed E-state index contributed by atoms with van der Waals surface area (Å²) in [4.78, 5) is 25.5. The molecule has 2 aromatic carbocycles. The molecule has 2 atom stereocenters. The molecule has 3 aliphatic heterocycles. The molecular formula is C22H18O9. The van der Waals surface area contributed by atoms with E-state index in [-0.39, 0.29) is 24.9 Å². The second kappa shape index (κ2) is 7.42. The smallest absolute Gasteiger partial charge is 0.338 e. The molecule has 3 aliphatic rings. The van der Waals surface area contributed by atoms with Gasteiger partial charge in [-0.15, -0.1) is 0 Å². The lowest BCUT2D eigenvalue weighted by Crippen LogP contribution is -2.26. The lowest BCUT2D eigenvalue weighted by molar-refractivity contribution is -0.149. The van der Waals surface area contributed by atoms with E-state index in [0.29, 0.717) is 34.1 Å². The molecule has 160 valence electrons. The van der Waals surface area contributed by atoms with Gasteiger partial charge in [0.15, 0.2) is 23.0 Å². The predicted molar refractivity (Wildman–Crippen MR) is 103 cm³/mol. The number of carbonyl (C=O) groups excluding carboxylic acids is 2. The topological polar surface area (TPSA) is 98.8 Å². The van der Waals surface area contributed by atoms with Gasteiger partial charge in [0.05, 0.1) is 19.8 Å². The summed E-state index contributed by atoms with van der Waals surface area (Å²) in [6, 6.07) is 10.3. The number of esters is 2. The second-order valence-corrected chi connectivity index (χ2v) is 6.95. The van der Waals surface area contributed by atoms with Gasteiger partial charge in [-0.2, -0.15) is 0 Å². The summed E-state index contributed by atoms with van der Waals surface area (Å²) in [6.07, 6.45) is -0.837. The highest BCUT2D eigenvalue weighted by Gasteiger charge is 2.48. The van der Waals surface area contributed by atoms with E-state index in [1.807, 2.05) is 0 Å². The first kappa shape index (κ1) is 19.1. The molecule has 9 nitrogen and oxygen atoms in total. The third-order valence-corrected chi connectivity index (χ3v) is 5.32. The fourth-order valence-electron chi connectivity index (χ4n) is 3.86. The highest BCUT2D eigenvalue weighted by Crippen LogP contribution is 2.49. The predicted octanol–water partition coefficient (Wildman–Crippen LogP) is 2.59. The molecule has 0 aromatic heterocycles. The molecule has 0 saturated carbocycles. The Morgan fingerprint density at radius 1 is 0.839 bits per heavy atom. The monoisotopic (exact) mass is 426 g/mol. The Hall–Kier alpha value is -3.88. The minimum atomic E-state index is -1.04. The van der Waals surface area contributed by atoms with Crippen LogP contribution in [-0.2, 0) is 23.8 Å². The van der Waals surface area contributed by atoms with Crippen molar-refractivity contribution in [2.75, 3.05) is 27.8 Å². The quantitative estimate of drug-likeness (QED) is 0.683. The number of methoxy groups -OCH3 is 2. The van der Waals surface area contributed by atoms with E-state index < -0.39 is 24.0 Å². The molecule has 9 heteroatoms. The summed E-state index contributed by atoms with van der Waals surface area (Å²) in [5, 5.41) is 0. The van der Waals surface area contributed by atoms with Gasteiger partial charge in [-0.1, -0.05) is 6.07 Å². The third kappa shape index (κ3) is 3.09. The van der Waals surface area contributed by atoms with Crippen molar-refractivity contribution in [1.82, 2.24) is 0 Å². The van der Waals surface area contributed by atoms with Crippen LogP contribution in [0.15, 0.2) is 42.0 Å². The summed E-state index contributed by atoms with van der Waals surface area (Å²) in [6.45, 7) is 0.214. The summed E-state index contributed by atoms with van der Waals surface area (Å²) >= 11 is 0. The zero-order valence-corrected chi connectivity index (χ0v) is 16.7. The van der Waals surface area contributed by atoms with Gasteiger partial charge in [0.2, 0.25) is 13.6 Å². The van der Waals surface area contributed by atoms with E-state index in [0.717, 1.165) is 0 Å². The van der Waals surface area contributed by atoms with Crippen molar-refractivity contribution in [1.29, 1.82) is 0 Å². The van der Waals surface area contributed by atoms with Crippen LogP contribution in [0.1, 0.15) is 17.2 Å². The number of benzene rings is 2. The Balaban J connectivity index is 1.62. The molecule has 0 radical (unpaired) electrons. The van der Waals surface area contributed by atoms with Crippen LogP contribution in [0.5, 0.6) is 23.0 Å². The second-order valence-electron chi connectivity index (χ2n) is 6.95. The van der Waals surface area contributed by atoms with Crippen molar-refractivity contribution in [3.63, 3.8) is 0 Å². The van der Waals surface area contributed by atoms with Crippen LogP contribution in [0.2, 0.25) is 0 Å². The van der Waals surface area contributed by atoms with Crippen molar-refractivity contribution in [2.24, 2.45) is 5.92 Å². The van der Waals surface area contributed by atoms with Gasteiger partial charge in [0.25, 0.3) is 0 Å². The van der Waals surface area contributed by atoms with Gasteiger partial charge in [-0.25, -0.2) is 4.79 Å². The van der Waals surface area contributed by atoms with Gasteiger partial charge in [-0.05, 0) is 35.9 Å². The van der Waals surface area contributed by atoms with Crippen LogP contribution in [0.25, 0.3) is 5.76 Å². The van der Waals surface area contributed by atoms with Crippen LogP contribution in [-0.4, -0.2) is 39.7 Å². The fraction of sp³-hybridized carbons (Fsp3) is 0.273. The number of hydrogen-bond donors (Lipinski definition) is 0. The largest absolute Gasteiger partial charge is 0.483 e.